The lowest BCUT2D eigenvalue weighted by molar-refractivity contribution is -0.154. The van der Waals surface area contributed by atoms with Gasteiger partial charge < -0.3 is 15.0 Å². The molecule has 5 nitrogen and oxygen atoms in total. The zero-order chi connectivity index (χ0) is 16.9. The van der Waals surface area contributed by atoms with Gasteiger partial charge in [0.1, 0.15) is 0 Å². The molecule has 1 saturated heterocycles. The Hall–Kier alpha value is -1.99. The minimum atomic E-state index is -4.41. The summed E-state index contributed by atoms with van der Waals surface area (Å²) in [6, 6.07) is 3.06. The van der Waals surface area contributed by atoms with E-state index in [0.29, 0.717) is 5.56 Å². The van der Waals surface area contributed by atoms with Gasteiger partial charge in [-0.2, -0.15) is 13.2 Å². The summed E-state index contributed by atoms with van der Waals surface area (Å²) in [4.78, 5) is 17.7. The molecule has 1 fully saturated rings. The summed E-state index contributed by atoms with van der Waals surface area (Å²) in [5.41, 5.74) is 0.634. The number of pyridine rings is 1. The highest BCUT2D eigenvalue weighted by atomic mass is 19.4. The maximum Gasteiger partial charge on any atom is 0.422 e. The van der Waals surface area contributed by atoms with Crippen molar-refractivity contribution in [2.24, 2.45) is 0 Å². The third-order valence-electron chi connectivity index (χ3n) is 3.69. The standard InChI is InChI=1S/C15H20F3N3O2/c1-11-4-2-3-7-21(11)14(22)20-9-12-5-6-19-13(8-12)23-10-15(16,17)18/h5-6,8,11H,2-4,7,9-10H2,1H3,(H,20,22). The van der Waals surface area contributed by atoms with Crippen molar-refractivity contribution in [1.82, 2.24) is 15.2 Å². The molecule has 1 aliphatic heterocycles. The van der Waals surface area contributed by atoms with Crippen molar-refractivity contribution in [1.29, 1.82) is 0 Å². The second-order valence-electron chi connectivity index (χ2n) is 5.60. The molecule has 1 aliphatic rings. The molecular weight excluding hydrogens is 311 g/mol. The number of halogens is 3. The number of hydrogen-bond donors (Lipinski definition) is 1. The zero-order valence-corrected chi connectivity index (χ0v) is 12.9. The van der Waals surface area contributed by atoms with Gasteiger partial charge in [0.05, 0.1) is 0 Å². The van der Waals surface area contributed by atoms with Crippen LogP contribution in [0.2, 0.25) is 0 Å². The number of nitrogens with one attached hydrogen (secondary N) is 1. The molecule has 1 N–H and O–H groups in total. The van der Waals surface area contributed by atoms with Gasteiger partial charge in [0.2, 0.25) is 5.88 Å². The summed E-state index contributed by atoms with van der Waals surface area (Å²) in [5.74, 6) is -0.111. The van der Waals surface area contributed by atoms with Gasteiger partial charge in [-0.1, -0.05) is 0 Å². The first-order valence-corrected chi connectivity index (χ1v) is 7.54. The van der Waals surface area contributed by atoms with Crippen LogP contribution in [0.15, 0.2) is 18.3 Å². The topological polar surface area (TPSA) is 54.5 Å². The maximum absolute atomic E-state index is 12.1. The fraction of sp³-hybridized carbons (Fsp3) is 0.600. The normalized spacial score (nSPS) is 18.6. The third kappa shape index (κ3) is 5.61. The first-order valence-electron chi connectivity index (χ1n) is 7.54. The largest absolute Gasteiger partial charge is 0.468 e. The number of ether oxygens (including phenoxy) is 1. The number of urea groups is 1. The molecule has 0 spiro atoms. The van der Waals surface area contributed by atoms with E-state index in [2.05, 4.69) is 15.0 Å². The lowest BCUT2D eigenvalue weighted by Crippen LogP contribution is -2.47. The highest BCUT2D eigenvalue weighted by molar-refractivity contribution is 5.74. The van der Waals surface area contributed by atoms with E-state index in [0.717, 1.165) is 25.8 Å². The molecule has 1 atom stereocenters. The third-order valence-corrected chi connectivity index (χ3v) is 3.69. The van der Waals surface area contributed by atoms with E-state index >= 15 is 0 Å². The molecule has 2 heterocycles. The van der Waals surface area contributed by atoms with Crippen LogP contribution in [0.25, 0.3) is 0 Å². The van der Waals surface area contributed by atoms with Crippen LogP contribution in [0.5, 0.6) is 5.88 Å². The number of rotatable bonds is 4. The van der Waals surface area contributed by atoms with Crippen molar-refractivity contribution in [3.63, 3.8) is 0 Å². The summed E-state index contributed by atoms with van der Waals surface area (Å²) < 4.78 is 41.0. The van der Waals surface area contributed by atoms with Gasteiger partial charge in [-0.25, -0.2) is 9.78 Å². The molecule has 1 aromatic heterocycles. The minimum absolute atomic E-state index is 0.111. The van der Waals surface area contributed by atoms with Gasteiger partial charge in [-0.15, -0.1) is 0 Å². The number of amides is 2. The maximum atomic E-state index is 12.1. The molecule has 2 amide bonds. The van der Waals surface area contributed by atoms with Gasteiger partial charge >= 0.3 is 12.2 Å². The smallest absolute Gasteiger partial charge is 0.422 e. The van der Waals surface area contributed by atoms with Gasteiger partial charge in [0.15, 0.2) is 6.61 Å². The average Bonchev–Trinajstić information content (AvgIpc) is 2.51. The zero-order valence-electron chi connectivity index (χ0n) is 12.9. The number of likely N-dealkylation sites (tertiary alicyclic amines) is 1. The van der Waals surface area contributed by atoms with E-state index in [9.17, 15) is 18.0 Å². The van der Waals surface area contributed by atoms with Gasteiger partial charge in [0.25, 0.3) is 0 Å². The minimum Gasteiger partial charge on any atom is -0.468 e. The van der Waals surface area contributed by atoms with Crippen LogP contribution in [0.3, 0.4) is 0 Å². The molecule has 0 aromatic carbocycles. The number of alkyl halides is 3. The number of aromatic nitrogens is 1. The summed E-state index contributed by atoms with van der Waals surface area (Å²) in [7, 11) is 0. The van der Waals surface area contributed by atoms with Crippen LogP contribution in [0.1, 0.15) is 31.7 Å². The molecule has 0 bridgehead atoms. The van der Waals surface area contributed by atoms with Crippen LogP contribution in [-0.2, 0) is 6.54 Å². The van der Waals surface area contributed by atoms with Gasteiger partial charge in [0, 0.05) is 31.4 Å². The molecule has 0 radical (unpaired) electrons. The predicted molar refractivity (Wildman–Crippen MR) is 78.0 cm³/mol. The molecule has 23 heavy (non-hydrogen) atoms. The predicted octanol–water partition coefficient (Wildman–Crippen LogP) is 3.11. The van der Waals surface area contributed by atoms with Crippen LogP contribution >= 0.6 is 0 Å². The Morgan fingerprint density at radius 1 is 1.48 bits per heavy atom. The van der Waals surface area contributed by atoms with Crippen molar-refractivity contribution >= 4 is 6.03 Å². The molecule has 0 aliphatic carbocycles. The highest BCUT2D eigenvalue weighted by Gasteiger charge is 2.28. The number of carbonyl (C=O) groups excluding carboxylic acids is 1. The van der Waals surface area contributed by atoms with Crippen LogP contribution in [0, 0.1) is 0 Å². The average molecular weight is 331 g/mol. The number of piperidine rings is 1. The van der Waals surface area contributed by atoms with Crippen molar-refractivity contribution in [2.75, 3.05) is 13.2 Å². The molecule has 8 heteroatoms. The van der Waals surface area contributed by atoms with Crippen molar-refractivity contribution in [3.8, 4) is 5.88 Å². The van der Waals surface area contributed by atoms with E-state index in [1.165, 1.54) is 12.3 Å². The fourth-order valence-corrected chi connectivity index (χ4v) is 2.47. The number of carbonyl (C=O) groups is 1. The van der Waals surface area contributed by atoms with Crippen LogP contribution in [0.4, 0.5) is 18.0 Å². The monoisotopic (exact) mass is 331 g/mol. The second kappa shape index (κ2) is 7.52. The van der Waals surface area contributed by atoms with E-state index < -0.39 is 12.8 Å². The Morgan fingerprint density at radius 3 is 2.96 bits per heavy atom. The number of hydrogen-bond acceptors (Lipinski definition) is 3. The summed E-state index contributed by atoms with van der Waals surface area (Å²) >= 11 is 0. The second-order valence-corrected chi connectivity index (χ2v) is 5.60. The van der Waals surface area contributed by atoms with Crippen LogP contribution < -0.4 is 10.1 Å². The van der Waals surface area contributed by atoms with E-state index in [1.807, 2.05) is 6.92 Å². The van der Waals surface area contributed by atoms with E-state index in [-0.39, 0.29) is 24.5 Å². The van der Waals surface area contributed by atoms with E-state index in [4.69, 9.17) is 0 Å². The Bertz CT molecular complexity index is 537. The summed E-state index contributed by atoms with van der Waals surface area (Å²) in [6.07, 6.45) is 0.0444. The Balaban J connectivity index is 1.86. The van der Waals surface area contributed by atoms with Gasteiger partial charge in [-0.05, 0) is 37.8 Å². The lowest BCUT2D eigenvalue weighted by Gasteiger charge is -2.33. The molecule has 1 aromatic rings. The first-order chi connectivity index (χ1) is 10.8. The number of nitrogens with zero attached hydrogens (tertiary/aromatic N) is 2. The summed E-state index contributed by atoms with van der Waals surface area (Å²) in [6.45, 7) is 1.56. The Morgan fingerprint density at radius 2 is 2.26 bits per heavy atom. The summed E-state index contributed by atoms with van der Waals surface area (Å²) in [5, 5.41) is 2.78. The fourth-order valence-electron chi connectivity index (χ4n) is 2.47. The SMILES string of the molecule is CC1CCCCN1C(=O)NCc1ccnc(OCC(F)(F)F)c1. The van der Waals surface area contributed by atoms with Crippen LogP contribution in [-0.4, -0.2) is 41.3 Å². The molecular formula is C15H20F3N3O2. The molecule has 1 unspecified atom stereocenters. The van der Waals surface area contributed by atoms with Crippen molar-refractivity contribution < 1.29 is 22.7 Å². The lowest BCUT2D eigenvalue weighted by atomic mass is 10.0. The van der Waals surface area contributed by atoms with Crippen molar-refractivity contribution in [2.45, 2.75) is 44.9 Å². The quantitative estimate of drug-likeness (QED) is 0.922. The first kappa shape index (κ1) is 17.4. The molecule has 0 saturated carbocycles. The van der Waals surface area contributed by atoms with E-state index in [1.54, 1.807) is 11.0 Å². The van der Waals surface area contributed by atoms with Gasteiger partial charge in [-0.3, -0.25) is 0 Å². The molecule has 128 valence electrons. The Kier molecular flexibility index (Phi) is 5.68. The van der Waals surface area contributed by atoms with Crippen molar-refractivity contribution in [3.05, 3.63) is 23.9 Å². The Labute approximate surface area is 132 Å². The highest BCUT2D eigenvalue weighted by Crippen LogP contribution is 2.18. The molecule has 2 rings (SSSR count).